The lowest BCUT2D eigenvalue weighted by Crippen LogP contribution is -2.21. The van der Waals surface area contributed by atoms with Gasteiger partial charge in [-0.1, -0.05) is 42.2 Å². The molecule has 1 fully saturated rings. The first-order valence-electron chi connectivity index (χ1n) is 6.89. The van der Waals surface area contributed by atoms with Crippen molar-refractivity contribution in [3.05, 3.63) is 34.9 Å². The third kappa shape index (κ3) is 3.71. The molecule has 1 aromatic carbocycles. The highest BCUT2D eigenvalue weighted by molar-refractivity contribution is 7.98. The van der Waals surface area contributed by atoms with Gasteiger partial charge < -0.3 is 0 Å². The van der Waals surface area contributed by atoms with E-state index < -0.39 is 0 Å². The minimum Gasteiger partial charge on any atom is -0.179 e. The van der Waals surface area contributed by atoms with E-state index in [1.807, 2.05) is 0 Å². The first-order valence-corrected chi connectivity index (χ1v) is 8.68. The van der Waals surface area contributed by atoms with E-state index in [-0.39, 0.29) is 0 Å². The average Bonchev–Trinajstić information content (AvgIpc) is 2.77. The normalized spacial score (nSPS) is 18.2. The SMILES string of the molecule is Cc1cc(C)cc(CSCC2(CS)CCCC2)c1. The van der Waals surface area contributed by atoms with Gasteiger partial charge in [0, 0.05) is 11.5 Å². The molecule has 0 radical (unpaired) electrons. The fraction of sp³-hybridized carbons (Fsp3) is 0.625. The maximum Gasteiger partial charge on any atom is 0.0184 e. The molecule has 0 spiro atoms. The Morgan fingerprint density at radius 2 is 1.72 bits per heavy atom. The number of benzene rings is 1. The van der Waals surface area contributed by atoms with Crippen LogP contribution < -0.4 is 0 Å². The van der Waals surface area contributed by atoms with Gasteiger partial charge in [0.25, 0.3) is 0 Å². The fourth-order valence-corrected chi connectivity index (χ4v) is 4.92. The van der Waals surface area contributed by atoms with Crippen LogP contribution in [0.15, 0.2) is 18.2 Å². The van der Waals surface area contributed by atoms with Crippen molar-refractivity contribution in [3.8, 4) is 0 Å². The maximum absolute atomic E-state index is 4.58. The molecule has 1 aromatic rings. The molecule has 0 aliphatic heterocycles. The van der Waals surface area contributed by atoms with E-state index in [1.165, 1.54) is 48.1 Å². The van der Waals surface area contributed by atoms with Crippen molar-refractivity contribution in [2.45, 2.75) is 45.3 Å². The summed E-state index contributed by atoms with van der Waals surface area (Å²) >= 11 is 6.68. The highest BCUT2D eigenvalue weighted by Gasteiger charge is 2.32. The Bertz CT molecular complexity index is 372. The minimum atomic E-state index is 0.534. The van der Waals surface area contributed by atoms with Gasteiger partial charge in [-0.15, -0.1) is 0 Å². The number of aryl methyl sites for hydroxylation is 2. The van der Waals surface area contributed by atoms with Crippen LogP contribution >= 0.6 is 24.4 Å². The molecule has 0 nitrogen and oxygen atoms in total. The predicted molar refractivity (Wildman–Crippen MR) is 86.8 cm³/mol. The van der Waals surface area contributed by atoms with Crippen LogP contribution in [0.3, 0.4) is 0 Å². The zero-order valence-electron chi connectivity index (χ0n) is 11.5. The average molecular weight is 281 g/mol. The molecule has 0 atom stereocenters. The van der Waals surface area contributed by atoms with Crippen LogP contribution in [0.4, 0.5) is 0 Å². The van der Waals surface area contributed by atoms with Gasteiger partial charge in [0.2, 0.25) is 0 Å². The number of thiol groups is 1. The largest absolute Gasteiger partial charge is 0.179 e. The zero-order chi connectivity index (χ0) is 13.0. The van der Waals surface area contributed by atoms with Gasteiger partial charge in [-0.3, -0.25) is 0 Å². The van der Waals surface area contributed by atoms with Gasteiger partial charge in [0.15, 0.2) is 0 Å². The van der Waals surface area contributed by atoms with Gasteiger partial charge in [0.05, 0.1) is 0 Å². The zero-order valence-corrected chi connectivity index (χ0v) is 13.2. The van der Waals surface area contributed by atoms with Crippen LogP contribution in [0, 0.1) is 19.3 Å². The second-order valence-corrected chi connectivity index (χ2v) is 7.16. The summed E-state index contributed by atoms with van der Waals surface area (Å²) in [5.41, 5.74) is 4.78. The summed E-state index contributed by atoms with van der Waals surface area (Å²) in [7, 11) is 0. The van der Waals surface area contributed by atoms with Crippen LogP contribution in [-0.4, -0.2) is 11.5 Å². The van der Waals surface area contributed by atoms with Crippen LogP contribution in [-0.2, 0) is 5.75 Å². The molecule has 18 heavy (non-hydrogen) atoms. The Hall–Kier alpha value is -0.0800. The highest BCUT2D eigenvalue weighted by atomic mass is 32.2. The molecule has 0 bridgehead atoms. The summed E-state index contributed by atoms with van der Waals surface area (Å²) in [6, 6.07) is 6.89. The molecule has 0 heterocycles. The summed E-state index contributed by atoms with van der Waals surface area (Å²) in [5, 5.41) is 0. The van der Waals surface area contributed by atoms with Crippen molar-refractivity contribution in [3.63, 3.8) is 0 Å². The van der Waals surface area contributed by atoms with Crippen LogP contribution in [0.2, 0.25) is 0 Å². The van der Waals surface area contributed by atoms with E-state index in [2.05, 4.69) is 56.4 Å². The van der Waals surface area contributed by atoms with Crippen molar-refractivity contribution in [1.82, 2.24) is 0 Å². The Morgan fingerprint density at radius 3 is 2.28 bits per heavy atom. The highest BCUT2D eigenvalue weighted by Crippen LogP contribution is 2.42. The van der Waals surface area contributed by atoms with E-state index in [4.69, 9.17) is 0 Å². The fourth-order valence-electron chi connectivity index (χ4n) is 3.01. The summed E-state index contributed by atoms with van der Waals surface area (Å²) in [5.74, 6) is 3.49. The Morgan fingerprint density at radius 1 is 1.11 bits per heavy atom. The molecule has 0 N–H and O–H groups in total. The van der Waals surface area contributed by atoms with E-state index in [1.54, 1.807) is 0 Å². The molecular formula is C16H24S2. The summed E-state index contributed by atoms with van der Waals surface area (Å²) < 4.78 is 0. The molecule has 0 saturated heterocycles. The van der Waals surface area contributed by atoms with Gasteiger partial charge in [-0.05, 0) is 43.4 Å². The topological polar surface area (TPSA) is 0 Å². The lowest BCUT2D eigenvalue weighted by atomic mass is 9.91. The van der Waals surface area contributed by atoms with Gasteiger partial charge in [-0.25, -0.2) is 0 Å². The summed E-state index contributed by atoms with van der Waals surface area (Å²) in [4.78, 5) is 0. The second-order valence-electron chi connectivity index (χ2n) is 5.85. The Kier molecular flexibility index (Phi) is 5.08. The molecule has 2 rings (SSSR count). The van der Waals surface area contributed by atoms with Crippen molar-refractivity contribution in [2.24, 2.45) is 5.41 Å². The number of hydrogen-bond donors (Lipinski definition) is 1. The quantitative estimate of drug-likeness (QED) is 0.738. The van der Waals surface area contributed by atoms with Crippen LogP contribution in [0.1, 0.15) is 42.4 Å². The third-order valence-electron chi connectivity index (χ3n) is 3.96. The summed E-state index contributed by atoms with van der Waals surface area (Å²) in [6.45, 7) is 4.38. The van der Waals surface area contributed by atoms with Crippen molar-refractivity contribution >= 4 is 24.4 Å². The van der Waals surface area contributed by atoms with E-state index in [0.29, 0.717) is 5.41 Å². The van der Waals surface area contributed by atoms with Gasteiger partial charge in [-0.2, -0.15) is 24.4 Å². The van der Waals surface area contributed by atoms with Crippen LogP contribution in [0.5, 0.6) is 0 Å². The first kappa shape index (κ1) is 14.3. The summed E-state index contributed by atoms with van der Waals surface area (Å²) in [6.07, 6.45) is 5.59. The number of thioether (sulfide) groups is 1. The monoisotopic (exact) mass is 280 g/mol. The van der Waals surface area contributed by atoms with E-state index in [0.717, 1.165) is 11.5 Å². The lowest BCUT2D eigenvalue weighted by Gasteiger charge is -2.26. The molecule has 2 heteroatoms. The van der Waals surface area contributed by atoms with Gasteiger partial charge >= 0.3 is 0 Å². The Labute approximate surface area is 121 Å². The molecule has 0 aromatic heterocycles. The second kappa shape index (κ2) is 6.38. The lowest BCUT2D eigenvalue weighted by molar-refractivity contribution is 0.403. The van der Waals surface area contributed by atoms with E-state index in [9.17, 15) is 0 Å². The molecule has 0 unspecified atom stereocenters. The van der Waals surface area contributed by atoms with Crippen molar-refractivity contribution in [1.29, 1.82) is 0 Å². The standard InChI is InChI=1S/C16H24S2/c1-13-7-14(2)9-15(8-13)10-18-12-16(11-17)5-3-4-6-16/h7-9,17H,3-6,10-12H2,1-2H3. The smallest absolute Gasteiger partial charge is 0.0184 e. The molecule has 100 valence electrons. The number of rotatable bonds is 5. The predicted octanol–water partition coefficient (Wildman–Crippen LogP) is 5.03. The van der Waals surface area contributed by atoms with Crippen molar-refractivity contribution in [2.75, 3.05) is 11.5 Å². The molecule has 1 saturated carbocycles. The van der Waals surface area contributed by atoms with E-state index >= 15 is 0 Å². The first-order chi connectivity index (χ1) is 8.63. The number of hydrogen-bond acceptors (Lipinski definition) is 2. The third-order valence-corrected chi connectivity index (χ3v) is 5.98. The molecular weight excluding hydrogens is 256 g/mol. The minimum absolute atomic E-state index is 0.534. The maximum atomic E-state index is 4.58. The molecule has 1 aliphatic carbocycles. The Balaban J connectivity index is 1.87. The molecule has 1 aliphatic rings. The van der Waals surface area contributed by atoms with Gasteiger partial charge in [0.1, 0.15) is 0 Å². The van der Waals surface area contributed by atoms with Crippen LogP contribution in [0.25, 0.3) is 0 Å². The molecule has 0 amide bonds. The van der Waals surface area contributed by atoms with Crippen molar-refractivity contribution < 1.29 is 0 Å².